The Hall–Kier alpha value is -0.870. The first-order chi connectivity index (χ1) is 6.22. The third-order valence-corrected chi connectivity index (χ3v) is 2.09. The van der Waals surface area contributed by atoms with Gasteiger partial charge in [0, 0.05) is 10.2 Å². The lowest BCUT2D eigenvalue weighted by atomic mass is 10.3. The van der Waals surface area contributed by atoms with E-state index in [1.807, 2.05) is 24.3 Å². The van der Waals surface area contributed by atoms with Crippen LogP contribution in [0.4, 0.5) is 5.69 Å². The Morgan fingerprint density at radius 2 is 2.00 bits per heavy atom. The molecule has 1 aromatic rings. The molecule has 0 aliphatic heterocycles. The standard InChI is InChI=1S/C9H11BrN2O/c10-7-1-3-8(4-2-7)12-6-9(13)5-11/h1-4,12H,5-6,11H2. The Morgan fingerprint density at radius 1 is 1.38 bits per heavy atom. The Balaban J connectivity index is 2.46. The highest BCUT2D eigenvalue weighted by molar-refractivity contribution is 9.10. The number of nitrogens with two attached hydrogens (primary N) is 1. The molecule has 0 radical (unpaired) electrons. The maximum atomic E-state index is 10.9. The summed E-state index contributed by atoms with van der Waals surface area (Å²) in [6, 6.07) is 7.62. The van der Waals surface area contributed by atoms with Gasteiger partial charge in [0.1, 0.15) is 0 Å². The summed E-state index contributed by atoms with van der Waals surface area (Å²) in [5.74, 6) is 0.00270. The summed E-state index contributed by atoms with van der Waals surface area (Å²) < 4.78 is 1.02. The van der Waals surface area contributed by atoms with Gasteiger partial charge in [-0.2, -0.15) is 0 Å². The molecule has 0 fully saturated rings. The van der Waals surface area contributed by atoms with Gasteiger partial charge in [-0.05, 0) is 24.3 Å². The van der Waals surface area contributed by atoms with Gasteiger partial charge in [-0.3, -0.25) is 4.79 Å². The first-order valence-electron chi connectivity index (χ1n) is 3.93. The van der Waals surface area contributed by atoms with E-state index < -0.39 is 0 Å². The molecule has 3 nitrogen and oxygen atoms in total. The number of carbonyl (C=O) groups is 1. The zero-order valence-corrected chi connectivity index (χ0v) is 8.67. The van der Waals surface area contributed by atoms with Crippen molar-refractivity contribution in [1.29, 1.82) is 0 Å². The van der Waals surface area contributed by atoms with Crippen molar-refractivity contribution < 1.29 is 4.79 Å². The summed E-state index contributed by atoms with van der Waals surface area (Å²) >= 11 is 3.32. The van der Waals surface area contributed by atoms with E-state index in [4.69, 9.17) is 5.73 Å². The van der Waals surface area contributed by atoms with Crippen LogP contribution in [0.15, 0.2) is 28.7 Å². The summed E-state index contributed by atoms with van der Waals surface area (Å²) in [7, 11) is 0. The molecule has 0 spiro atoms. The fraction of sp³-hybridized carbons (Fsp3) is 0.222. The largest absolute Gasteiger partial charge is 0.378 e. The van der Waals surface area contributed by atoms with E-state index in [0.29, 0.717) is 0 Å². The van der Waals surface area contributed by atoms with Crippen LogP contribution >= 0.6 is 15.9 Å². The number of rotatable bonds is 4. The molecule has 1 aromatic carbocycles. The number of anilines is 1. The Kier molecular flexibility index (Phi) is 3.92. The van der Waals surface area contributed by atoms with Gasteiger partial charge in [-0.1, -0.05) is 15.9 Å². The highest BCUT2D eigenvalue weighted by atomic mass is 79.9. The molecule has 1 rings (SSSR count). The molecule has 0 aliphatic carbocycles. The van der Waals surface area contributed by atoms with Crippen molar-refractivity contribution in [2.45, 2.75) is 0 Å². The summed E-state index contributed by atoms with van der Waals surface area (Å²) in [5.41, 5.74) is 6.08. The van der Waals surface area contributed by atoms with Crippen molar-refractivity contribution in [1.82, 2.24) is 0 Å². The van der Waals surface area contributed by atoms with Crippen molar-refractivity contribution in [3.05, 3.63) is 28.7 Å². The molecule has 0 saturated carbocycles. The number of ketones is 1. The minimum absolute atomic E-state index is 0.00270. The minimum Gasteiger partial charge on any atom is -0.378 e. The van der Waals surface area contributed by atoms with Crippen LogP contribution in [-0.4, -0.2) is 18.9 Å². The second kappa shape index (κ2) is 4.99. The first-order valence-corrected chi connectivity index (χ1v) is 4.73. The molecule has 4 heteroatoms. The van der Waals surface area contributed by atoms with Gasteiger partial charge in [-0.15, -0.1) is 0 Å². The first kappa shape index (κ1) is 10.2. The average molecular weight is 243 g/mol. The Labute approximate surface area is 85.4 Å². The molecular weight excluding hydrogens is 232 g/mol. The fourth-order valence-electron chi connectivity index (χ4n) is 0.841. The number of Topliss-reactive ketones (excluding diaryl/α,β-unsaturated/α-hetero) is 1. The third kappa shape index (κ3) is 3.57. The van der Waals surface area contributed by atoms with Crippen molar-refractivity contribution in [2.24, 2.45) is 5.73 Å². The van der Waals surface area contributed by atoms with Crippen LogP contribution in [0.25, 0.3) is 0 Å². The molecule has 13 heavy (non-hydrogen) atoms. The average Bonchev–Trinajstić information content (AvgIpc) is 2.16. The molecule has 0 atom stereocenters. The van der Waals surface area contributed by atoms with E-state index in [-0.39, 0.29) is 18.9 Å². The number of halogens is 1. The lowest BCUT2D eigenvalue weighted by Crippen LogP contribution is -2.22. The number of benzene rings is 1. The maximum absolute atomic E-state index is 10.9. The minimum atomic E-state index is 0.00270. The van der Waals surface area contributed by atoms with Crippen LogP contribution in [0, 0.1) is 0 Å². The molecule has 0 unspecified atom stereocenters. The predicted octanol–water partition coefficient (Wildman–Crippen LogP) is 1.39. The van der Waals surface area contributed by atoms with Gasteiger partial charge in [0.2, 0.25) is 0 Å². The van der Waals surface area contributed by atoms with E-state index in [0.717, 1.165) is 10.2 Å². The van der Waals surface area contributed by atoms with E-state index in [1.54, 1.807) is 0 Å². The smallest absolute Gasteiger partial charge is 0.165 e. The van der Waals surface area contributed by atoms with Crippen LogP contribution < -0.4 is 11.1 Å². The highest BCUT2D eigenvalue weighted by Crippen LogP contribution is 2.13. The quantitative estimate of drug-likeness (QED) is 0.840. The van der Waals surface area contributed by atoms with Gasteiger partial charge >= 0.3 is 0 Å². The second-order valence-corrected chi connectivity index (χ2v) is 3.52. The lowest BCUT2D eigenvalue weighted by Gasteiger charge is -2.03. The van der Waals surface area contributed by atoms with Gasteiger partial charge < -0.3 is 11.1 Å². The molecule has 0 aliphatic rings. The van der Waals surface area contributed by atoms with Crippen LogP contribution in [0.5, 0.6) is 0 Å². The summed E-state index contributed by atoms with van der Waals surface area (Å²) in [6.07, 6.45) is 0. The number of hydrogen-bond acceptors (Lipinski definition) is 3. The Bertz CT molecular complexity index is 284. The highest BCUT2D eigenvalue weighted by Gasteiger charge is 1.97. The van der Waals surface area contributed by atoms with Crippen molar-refractivity contribution in [2.75, 3.05) is 18.4 Å². The summed E-state index contributed by atoms with van der Waals surface area (Å²) in [6.45, 7) is 0.377. The molecule has 0 amide bonds. The van der Waals surface area contributed by atoms with Gasteiger partial charge in [-0.25, -0.2) is 0 Å². The molecule has 0 bridgehead atoms. The van der Waals surface area contributed by atoms with E-state index in [9.17, 15) is 4.79 Å². The van der Waals surface area contributed by atoms with Crippen molar-refractivity contribution >= 4 is 27.4 Å². The molecular formula is C9H11BrN2O. The normalized spacial score (nSPS) is 9.69. The molecule has 3 N–H and O–H groups in total. The summed E-state index contributed by atoms with van der Waals surface area (Å²) in [5, 5.41) is 2.97. The SMILES string of the molecule is NCC(=O)CNc1ccc(Br)cc1. The lowest BCUT2D eigenvalue weighted by molar-refractivity contribution is -0.116. The van der Waals surface area contributed by atoms with Crippen molar-refractivity contribution in [3.8, 4) is 0 Å². The van der Waals surface area contributed by atoms with Gasteiger partial charge in [0.15, 0.2) is 5.78 Å². The van der Waals surface area contributed by atoms with Crippen molar-refractivity contribution in [3.63, 3.8) is 0 Å². The predicted molar refractivity (Wildman–Crippen MR) is 56.7 cm³/mol. The van der Waals surface area contributed by atoms with E-state index in [2.05, 4.69) is 21.2 Å². The van der Waals surface area contributed by atoms with E-state index in [1.165, 1.54) is 0 Å². The number of nitrogens with one attached hydrogen (secondary N) is 1. The monoisotopic (exact) mass is 242 g/mol. The second-order valence-electron chi connectivity index (χ2n) is 2.60. The molecule has 0 aromatic heterocycles. The van der Waals surface area contributed by atoms with E-state index >= 15 is 0 Å². The molecule has 70 valence electrons. The Morgan fingerprint density at radius 3 is 2.54 bits per heavy atom. The van der Waals surface area contributed by atoms with Gasteiger partial charge in [0.05, 0.1) is 13.1 Å². The van der Waals surface area contributed by atoms with Crippen LogP contribution in [0.1, 0.15) is 0 Å². The topological polar surface area (TPSA) is 55.1 Å². The zero-order valence-electron chi connectivity index (χ0n) is 7.09. The maximum Gasteiger partial charge on any atom is 0.165 e. The summed E-state index contributed by atoms with van der Waals surface area (Å²) in [4.78, 5) is 10.9. The fourth-order valence-corrected chi connectivity index (χ4v) is 1.10. The van der Waals surface area contributed by atoms with Crippen LogP contribution in [-0.2, 0) is 4.79 Å². The third-order valence-electron chi connectivity index (χ3n) is 1.56. The molecule has 0 saturated heterocycles. The number of hydrogen-bond donors (Lipinski definition) is 2. The van der Waals surface area contributed by atoms with Gasteiger partial charge in [0.25, 0.3) is 0 Å². The molecule has 0 heterocycles. The van der Waals surface area contributed by atoms with Crippen LogP contribution in [0.2, 0.25) is 0 Å². The van der Waals surface area contributed by atoms with Crippen LogP contribution in [0.3, 0.4) is 0 Å². The number of carbonyl (C=O) groups excluding carboxylic acids is 1. The zero-order chi connectivity index (χ0) is 9.68.